The molecule has 1 rings (SSSR count). The number of amides is 1. The summed E-state index contributed by atoms with van der Waals surface area (Å²) in [6.45, 7) is 6.75. The average molecular weight is 246 g/mol. The molecule has 1 aromatic rings. The standard InChI is InChI=1S/C14H18N2O2/c1-14(2,3)10-16-13(17)9-18-12-6-4-11(8-15)5-7-12/h4-7H,9-10H2,1-3H3,(H,16,17). The molecule has 0 unspecified atom stereocenters. The van der Waals surface area contributed by atoms with Gasteiger partial charge in [0.2, 0.25) is 0 Å². The van der Waals surface area contributed by atoms with E-state index in [1.807, 2.05) is 6.07 Å². The molecular weight excluding hydrogens is 228 g/mol. The van der Waals surface area contributed by atoms with E-state index in [1.54, 1.807) is 24.3 Å². The third-order valence-corrected chi connectivity index (χ3v) is 2.17. The van der Waals surface area contributed by atoms with Crippen molar-refractivity contribution < 1.29 is 9.53 Å². The van der Waals surface area contributed by atoms with Crippen molar-refractivity contribution in [3.8, 4) is 11.8 Å². The second-order valence-electron chi connectivity index (χ2n) is 5.26. The highest BCUT2D eigenvalue weighted by atomic mass is 16.5. The third-order valence-electron chi connectivity index (χ3n) is 2.17. The van der Waals surface area contributed by atoms with Crippen molar-refractivity contribution in [2.45, 2.75) is 20.8 Å². The molecule has 1 aromatic carbocycles. The number of nitriles is 1. The first-order valence-electron chi connectivity index (χ1n) is 5.80. The lowest BCUT2D eigenvalue weighted by atomic mass is 9.97. The summed E-state index contributed by atoms with van der Waals surface area (Å²) in [4.78, 5) is 11.5. The normalized spacial score (nSPS) is 10.6. The minimum Gasteiger partial charge on any atom is -0.484 e. The van der Waals surface area contributed by atoms with Gasteiger partial charge in [-0.15, -0.1) is 0 Å². The van der Waals surface area contributed by atoms with Crippen LogP contribution in [0.15, 0.2) is 24.3 Å². The Kier molecular flexibility index (Phi) is 4.73. The van der Waals surface area contributed by atoms with Gasteiger partial charge in [-0.1, -0.05) is 20.8 Å². The summed E-state index contributed by atoms with van der Waals surface area (Å²) in [5, 5.41) is 11.4. The van der Waals surface area contributed by atoms with Crippen LogP contribution in [-0.4, -0.2) is 19.1 Å². The molecule has 0 atom stereocenters. The van der Waals surface area contributed by atoms with Crippen molar-refractivity contribution in [2.24, 2.45) is 5.41 Å². The Bertz CT molecular complexity index is 438. The Hall–Kier alpha value is -2.02. The monoisotopic (exact) mass is 246 g/mol. The molecule has 0 spiro atoms. The van der Waals surface area contributed by atoms with E-state index in [-0.39, 0.29) is 17.9 Å². The van der Waals surface area contributed by atoms with Gasteiger partial charge < -0.3 is 10.1 Å². The van der Waals surface area contributed by atoms with Crippen LogP contribution in [0.5, 0.6) is 5.75 Å². The van der Waals surface area contributed by atoms with Crippen molar-refractivity contribution >= 4 is 5.91 Å². The number of benzene rings is 1. The van der Waals surface area contributed by atoms with E-state index < -0.39 is 0 Å². The van der Waals surface area contributed by atoms with Crippen LogP contribution < -0.4 is 10.1 Å². The number of nitrogens with zero attached hydrogens (tertiary/aromatic N) is 1. The zero-order valence-electron chi connectivity index (χ0n) is 11.0. The molecule has 0 aliphatic rings. The van der Waals surface area contributed by atoms with Gasteiger partial charge in [0.15, 0.2) is 6.61 Å². The summed E-state index contributed by atoms with van der Waals surface area (Å²) >= 11 is 0. The van der Waals surface area contributed by atoms with Gasteiger partial charge in [-0.3, -0.25) is 4.79 Å². The number of ether oxygens (including phenoxy) is 1. The Morgan fingerprint density at radius 2 is 1.94 bits per heavy atom. The minimum atomic E-state index is -0.144. The second kappa shape index (κ2) is 6.06. The number of rotatable bonds is 4. The van der Waals surface area contributed by atoms with Crippen molar-refractivity contribution in [3.63, 3.8) is 0 Å². The van der Waals surface area contributed by atoms with E-state index in [9.17, 15) is 4.79 Å². The van der Waals surface area contributed by atoms with Gasteiger partial charge in [0, 0.05) is 6.54 Å². The van der Waals surface area contributed by atoms with Crippen LogP contribution in [0.1, 0.15) is 26.3 Å². The Morgan fingerprint density at radius 1 is 1.33 bits per heavy atom. The van der Waals surface area contributed by atoms with Gasteiger partial charge in [-0.25, -0.2) is 0 Å². The number of carbonyl (C=O) groups excluding carboxylic acids is 1. The largest absolute Gasteiger partial charge is 0.484 e. The van der Waals surface area contributed by atoms with Crippen molar-refractivity contribution in [3.05, 3.63) is 29.8 Å². The minimum absolute atomic E-state index is 0.0119. The van der Waals surface area contributed by atoms with Crippen LogP contribution in [-0.2, 0) is 4.79 Å². The molecule has 0 aliphatic carbocycles. The van der Waals surface area contributed by atoms with E-state index in [0.29, 0.717) is 17.9 Å². The Balaban J connectivity index is 2.36. The molecule has 96 valence electrons. The number of nitrogens with one attached hydrogen (secondary N) is 1. The molecule has 0 saturated carbocycles. The Labute approximate surface area is 108 Å². The van der Waals surface area contributed by atoms with E-state index >= 15 is 0 Å². The molecule has 0 bridgehead atoms. The molecule has 4 nitrogen and oxygen atoms in total. The van der Waals surface area contributed by atoms with Crippen LogP contribution in [0.4, 0.5) is 0 Å². The van der Waals surface area contributed by atoms with Gasteiger partial charge >= 0.3 is 0 Å². The molecule has 0 aromatic heterocycles. The number of hydrogen-bond donors (Lipinski definition) is 1. The molecule has 18 heavy (non-hydrogen) atoms. The maximum Gasteiger partial charge on any atom is 0.257 e. The Morgan fingerprint density at radius 3 is 2.44 bits per heavy atom. The third kappa shape index (κ3) is 5.35. The van der Waals surface area contributed by atoms with Crippen LogP contribution in [0.3, 0.4) is 0 Å². The van der Waals surface area contributed by atoms with Gasteiger partial charge in [0.1, 0.15) is 5.75 Å². The van der Waals surface area contributed by atoms with Crippen LogP contribution in [0, 0.1) is 16.7 Å². The summed E-state index contributed by atoms with van der Waals surface area (Å²) in [5.74, 6) is 0.439. The number of carbonyl (C=O) groups is 1. The summed E-state index contributed by atoms with van der Waals surface area (Å²) in [6, 6.07) is 8.68. The summed E-state index contributed by atoms with van der Waals surface area (Å²) in [5.41, 5.74) is 0.629. The molecule has 1 amide bonds. The first-order chi connectivity index (χ1) is 8.40. The lowest BCUT2D eigenvalue weighted by Crippen LogP contribution is -2.35. The SMILES string of the molecule is CC(C)(C)CNC(=O)COc1ccc(C#N)cc1. The molecule has 0 saturated heterocycles. The van der Waals surface area contributed by atoms with E-state index in [4.69, 9.17) is 10.00 Å². The van der Waals surface area contributed by atoms with Crippen LogP contribution in [0.25, 0.3) is 0 Å². The highest BCUT2D eigenvalue weighted by Crippen LogP contribution is 2.12. The van der Waals surface area contributed by atoms with Gasteiger partial charge in [0.05, 0.1) is 11.6 Å². The topological polar surface area (TPSA) is 62.1 Å². The summed E-state index contributed by atoms with van der Waals surface area (Å²) in [7, 11) is 0. The van der Waals surface area contributed by atoms with Gasteiger partial charge in [-0.05, 0) is 29.7 Å². The first-order valence-corrected chi connectivity index (χ1v) is 5.80. The molecule has 1 N–H and O–H groups in total. The van der Waals surface area contributed by atoms with Crippen molar-refractivity contribution in [1.82, 2.24) is 5.32 Å². The lowest BCUT2D eigenvalue weighted by Gasteiger charge is -2.18. The van der Waals surface area contributed by atoms with Gasteiger partial charge in [-0.2, -0.15) is 5.26 Å². The first kappa shape index (κ1) is 14.0. The molecule has 4 heteroatoms. The molecule has 0 heterocycles. The highest BCUT2D eigenvalue weighted by Gasteiger charge is 2.11. The van der Waals surface area contributed by atoms with Crippen molar-refractivity contribution in [2.75, 3.05) is 13.2 Å². The predicted octanol–water partition coefficient (Wildman–Crippen LogP) is 2.10. The summed E-state index contributed by atoms with van der Waals surface area (Å²) in [6.07, 6.45) is 0. The maximum absolute atomic E-state index is 11.5. The van der Waals surface area contributed by atoms with E-state index in [0.717, 1.165) is 0 Å². The van der Waals surface area contributed by atoms with E-state index in [2.05, 4.69) is 26.1 Å². The quantitative estimate of drug-likeness (QED) is 0.885. The van der Waals surface area contributed by atoms with Crippen molar-refractivity contribution in [1.29, 1.82) is 5.26 Å². The fourth-order valence-electron chi connectivity index (χ4n) is 1.19. The highest BCUT2D eigenvalue weighted by molar-refractivity contribution is 5.77. The smallest absolute Gasteiger partial charge is 0.257 e. The molecule has 0 aliphatic heterocycles. The fraction of sp³-hybridized carbons (Fsp3) is 0.429. The predicted molar refractivity (Wildman–Crippen MR) is 69.1 cm³/mol. The molecular formula is C14H18N2O2. The maximum atomic E-state index is 11.5. The fourth-order valence-corrected chi connectivity index (χ4v) is 1.19. The zero-order valence-corrected chi connectivity index (χ0v) is 11.0. The van der Waals surface area contributed by atoms with E-state index in [1.165, 1.54) is 0 Å². The molecule has 0 fully saturated rings. The number of hydrogen-bond acceptors (Lipinski definition) is 3. The molecule has 0 radical (unpaired) electrons. The summed E-state index contributed by atoms with van der Waals surface area (Å²) < 4.78 is 5.31. The van der Waals surface area contributed by atoms with Gasteiger partial charge in [0.25, 0.3) is 5.91 Å². The zero-order chi connectivity index (χ0) is 13.6. The second-order valence-corrected chi connectivity index (χ2v) is 5.26. The average Bonchev–Trinajstić information content (AvgIpc) is 2.33. The van der Waals surface area contributed by atoms with Crippen LogP contribution >= 0.6 is 0 Å². The lowest BCUT2D eigenvalue weighted by molar-refractivity contribution is -0.123. The van der Waals surface area contributed by atoms with Crippen LogP contribution in [0.2, 0.25) is 0 Å².